The van der Waals surface area contributed by atoms with Crippen LogP contribution >= 0.6 is 0 Å². The smallest absolute Gasteiger partial charge is 0.374 e. The van der Waals surface area contributed by atoms with Gasteiger partial charge in [0.25, 0.3) is 0 Å². The number of hydrogen-bond acceptors (Lipinski definition) is 5. The van der Waals surface area contributed by atoms with Crippen LogP contribution in [0.15, 0.2) is 28.7 Å². The quantitative estimate of drug-likeness (QED) is 0.847. The van der Waals surface area contributed by atoms with Gasteiger partial charge in [0.05, 0.1) is 11.6 Å². The number of benzene rings is 1. The molecule has 20 heavy (non-hydrogen) atoms. The predicted molar refractivity (Wildman–Crippen MR) is 72.2 cm³/mol. The van der Waals surface area contributed by atoms with Gasteiger partial charge < -0.3 is 14.5 Å². The Morgan fingerprint density at radius 2 is 2.15 bits per heavy atom. The minimum Gasteiger partial charge on any atom is -0.456 e. The summed E-state index contributed by atoms with van der Waals surface area (Å²) in [6.45, 7) is 1.73. The Kier molecular flexibility index (Phi) is 3.40. The minimum absolute atomic E-state index is 0.0494. The molecule has 0 amide bonds. The molecule has 1 aromatic carbocycles. The van der Waals surface area contributed by atoms with Crippen molar-refractivity contribution in [2.75, 3.05) is 13.1 Å². The number of esters is 1. The third-order valence-electron chi connectivity index (χ3n) is 3.41. The molecule has 5 nitrogen and oxygen atoms in total. The fraction of sp³-hybridized carbons (Fsp3) is 0.333. The van der Waals surface area contributed by atoms with Crippen molar-refractivity contribution < 1.29 is 13.9 Å². The number of piperidine rings is 1. The summed E-state index contributed by atoms with van der Waals surface area (Å²) in [5, 5.41) is 12.8. The second kappa shape index (κ2) is 5.35. The molecule has 0 spiro atoms. The van der Waals surface area contributed by atoms with E-state index in [0.29, 0.717) is 11.1 Å². The third kappa shape index (κ3) is 2.51. The summed E-state index contributed by atoms with van der Waals surface area (Å²) in [7, 11) is 0. The van der Waals surface area contributed by atoms with Gasteiger partial charge in [-0.3, -0.25) is 0 Å². The van der Waals surface area contributed by atoms with Crippen molar-refractivity contribution in [3.8, 4) is 6.07 Å². The number of ether oxygens (including phenoxy) is 1. The van der Waals surface area contributed by atoms with Gasteiger partial charge in [-0.1, -0.05) is 0 Å². The first-order chi connectivity index (χ1) is 9.76. The lowest BCUT2D eigenvalue weighted by molar-refractivity contribution is 0.0197. The number of fused-ring (bicyclic) bond motifs is 1. The third-order valence-corrected chi connectivity index (χ3v) is 3.41. The zero-order valence-corrected chi connectivity index (χ0v) is 10.9. The van der Waals surface area contributed by atoms with Crippen LogP contribution < -0.4 is 5.32 Å². The van der Waals surface area contributed by atoms with Crippen molar-refractivity contribution in [3.63, 3.8) is 0 Å². The number of rotatable bonds is 2. The number of nitriles is 1. The molecular formula is C15H14N2O3. The highest BCUT2D eigenvalue weighted by Crippen LogP contribution is 2.22. The van der Waals surface area contributed by atoms with Gasteiger partial charge in [-0.15, -0.1) is 0 Å². The van der Waals surface area contributed by atoms with E-state index < -0.39 is 5.97 Å². The van der Waals surface area contributed by atoms with Crippen LogP contribution in [0.2, 0.25) is 0 Å². The fourth-order valence-electron chi connectivity index (χ4n) is 2.34. The average molecular weight is 270 g/mol. The summed E-state index contributed by atoms with van der Waals surface area (Å²) in [6.07, 6.45) is 1.60. The van der Waals surface area contributed by atoms with Gasteiger partial charge in [-0.05, 0) is 50.2 Å². The lowest BCUT2D eigenvalue weighted by atomic mass is 10.1. The summed E-state index contributed by atoms with van der Waals surface area (Å²) in [5.41, 5.74) is 1.12. The standard InChI is InChI=1S/C15H14N2O3/c16-9-10-1-2-13-11(7-10)8-14(20-13)15(18)19-12-3-5-17-6-4-12/h1-2,7-8,12,17H,3-6H2. The van der Waals surface area contributed by atoms with E-state index in [2.05, 4.69) is 11.4 Å². The molecule has 1 aromatic heterocycles. The van der Waals surface area contributed by atoms with Crippen LogP contribution in [0.4, 0.5) is 0 Å². The fourth-order valence-corrected chi connectivity index (χ4v) is 2.34. The Morgan fingerprint density at radius 3 is 2.90 bits per heavy atom. The summed E-state index contributed by atoms with van der Waals surface area (Å²) in [4.78, 5) is 12.0. The second-order valence-corrected chi connectivity index (χ2v) is 4.83. The van der Waals surface area contributed by atoms with Crippen molar-refractivity contribution in [2.24, 2.45) is 0 Å². The molecule has 0 unspecified atom stereocenters. The first kappa shape index (κ1) is 12.7. The van der Waals surface area contributed by atoms with Gasteiger partial charge in [0.1, 0.15) is 11.7 Å². The van der Waals surface area contributed by atoms with Crippen LogP contribution in [0, 0.1) is 11.3 Å². The first-order valence-corrected chi connectivity index (χ1v) is 6.61. The van der Waals surface area contributed by atoms with Crippen molar-refractivity contribution in [1.29, 1.82) is 5.26 Å². The van der Waals surface area contributed by atoms with Crippen LogP contribution in [0.3, 0.4) is 0 Å². The van der Waals surface area contributed by atoms with Crippen molar-refractivity contribution in [2.45, 2.75) is 18.9 Å². The molecule has 0 atom stereocenters. The summed E-state index contributed by atoms with van der Waals surface area (Å²) in [6, 6.07) is 8.73. The number of hydrogen-bond donors (Lipinski definition) is 1. The van der Waals surface area contributed by atoms with E-state index in [1.807, 2.05) is 0 Å². The minimum atomic E-state index is -0.438. The van der Waals surface area contributed by atoms with E-state index >= 15 is 0 Å². The highest BCUT2D eigenvalue weighted by Gasteiger charge is 2.21. The van der Waals surface area contributed by atoms with Crippen LogP contribution in [0.5, 0.6) is 0 Å². The Morgan fingerprint density at radius 1 is 1.35 bits per heavy atom. The van der Waals surface area contributed by atoms with Gasteiger partial charge in [0, 0.05) is 5.39 Å². The van der Waals surface area contributed by atoms with E-state index in [4.69, 9.17) is 14.4 Å². The van der Waals surface area contributed by atoms with E-state index in [0.717, 1.165) is 31.3 Å². The van der Waals surface area contributed by atoms with Crippen LogP contribution in [-0.2, 0) is 4.74 Å². The van der Waals surface area contributed by atoms with Crippen LogP contribution in [-0.4, -0.2) is 25.2 Å². The summed E-state index contributed by atoms with van der Waals surface area (Å²) < 4.78 is 10.9. The molecule has 1 fully saturated rings. The van der Waals surface area contributed by atoms with E-state index in [1.54, 1.807) is 24.3 Å². The lowest BCUT2D eigenvalue weighted by Gasteiger charge is -2.22. The molecule has 1 saturated heterocycles. The highest BCUT2D eigenvalue weighted by atomic mass is 16.6. The Labute approximate surface area is 116 Å². The largest absolute Gasteiger partial charge is 0.456 e. The summed E-state index contributed by atoms with van der Waals surface area (Å²) in [5.74, 6) is -0.250. The molecule has 0 radical (unpaired) electrons. The maximum atomic E-state index is 12.0. The van der Waals surface area contributed by atoms with Crippen molar-refractivity contribution >= 4 is 16.9 Å². The molecule has 0 bridgehead atoms. The molecule has 2 heterocycles. The lowest BCUT2D eigenvalue weighted by Crippen LogP contribution is -2.33. The molecule has 2 aromatic rings. The molecule has 3 rings (SSSR count). The maximum Gasteiger partial charge on any atom is 0.374 e. The van der Waals surface area contributed by atoms with Gasteiger partial charge in [0.2, 0.25) is 5.76 Å². The summed E-state index contributed by atoms with van der Waals surface area (Å²) >= 11 is 0. The molecule has 1 aliphatic rings. The molecule has 102 valence electrons. The zero-order valence-electron chi connectivity index (χ0n) is 10.9. The molecule has 1 N–H and O–H groups in total. The Balaban J connectivity index is 1.79. The number of carbonyl (C=O) groups excluding carboxylic acids is 1. The van der Waals surface area contributed by atoms with Crippen LogP contribution in [0.1, 0.15) is 29.0 Å². The predicted octanol–water partition coefficient (Wildman–Crippen LogP) is 2.21. The molecular weight excluding hydrogens is 256 g/mol. The number of furan rings is 1. The second-order valence-electron chi connectivity index (χ2n) is 4.83. The van der Waals surface area contributed by atoms with E-state index in [1.165, 1.54) is 0 Å². The number of carbonyl (C=O) groups is 1. The average Bonchev–Trinajstić information content (AvgIpc) is 2.91. The monoisotopic (exact) mass is 270 g/mol. The molecule has 0 saturated carbocycles. The zero-order chi connectivity index (χ0) is 13.9. The number of nitrogens with zero attached hydrogens (tertiary/aromatic N) is 1. The van der Waals surface area contributed by atoms with Gasteiger partial charge >= 0.3 is 5.97 Å². The molecule has 5 heteroatoms. The molecule has 0 aliphatic carbocycles. The maximum absolute atomic E-state index is 12.0. The van der Waals surface area contributed by atoms with Crippen molar-refractivity contribution in [1.82, 2.24) is 5.32 Å². The van der Waals surface area contributed by atoms with E-state index in [-0.39, 0.29) is 11.9 Å². The SMILES string of the molecule is N#Cc1ccc2oc(C(=O)OC3CCNCC3)cc2c1. The topological polar surface area (TPSA) is 75.3 Å². The van der Waals surface area contributed by atoms with Gasteiger partial charge in [0.15, 0.2) is 0 Å². The van der Waals surface area contributed by atoms with Gasteiger partial charge in [-0.2, -0.15) is 5.26 Å². The molecule has 1 aliphatic heterocycles. The van der Waals surface area contributed by atoms with Gasteiger partial charge in [-0.25, -0.2) is 4.79 Å². The highest BCUT2D eigenvalue weighted by molar-refractivity contribution is 5.93. The van der Waals surface area contributed by atoms with Crippen LogP contribution in [0.25, 0.3) is 11.0 Å². The normalized spacial score (nSPS) is 15.9. The first-order valence-electron chi connectivity index (χ1n) is 6.61. The van der Waals surface area contributed by atoms with E-state index in [9.17, 15) is 4.79 Å². The number of nitrogens with one attached hydrogen (secondary N) is 1. The Bertz CT molecular complexity index is 678. The van der Waals surface area contributed by atoms with Crippen molar-refractivity contribution in [3.05, 3.63) is 35.6 Å². The Hall–Kier alpha value is -2.32.